The fourth-order valence-corrected chi connectivity index (χ4v) is 7.49. The van der Waals surface area contributed by atoms with Crippen LogP contribution in [-0.2, 0) is 28.5 Å². The molecule has 3 fully saturated rings. The number of carbonyl (C=O) groups excluding carboxylic acids is 2. The minimum absolute atomic E-state index is 0.0922. The van der Waals surface area contributed by atoms with Gasteiger partial charge in [0, 0.05) is 31.1 Å². The van der Waals surface area contributed by atoms with Gasteiger partial charge in [-0.1, -0.05) is 27.4 Å². The number of fused-ring (bicyclic) bond motifs is 2. The molecule has 3 N–H and O–H groups in total. The van der Waals surface area contributed by atoms with Crippen molar-refractivity contribution in [2.75, 3.05) is 33.8 Å². The second kappa shape index (κ2) is 14.5. The molecule has 254 valence electrons. The minimum atomic E-state index is -1.56. The van der Waals surface area contributed by atoms with Crippen LogP contribution in [0.3, 0.4) is 0 Å². The summed E-state index contributed by atoms with van der Waals surface area (Å²) in [6.07, 6.45) is -3.95. The van der Waals surface area contributed by atoms with Crippen molar-refractivity contribution in [1.29, 1.82) is 0 Å². The van der Waals surface area contributed by atoms with Gasteiger partial charge in [0.15, 0.2) is 12.1 Å². The molecule has 1 unspecified atom stereocenters. The number of Topliss-reactive ketones (excluding diaryl/α,β-unsaturated/α-hetero) is 1. The number of ether oxygens (including phenoxy) is 4. The summed E-state index contributed by atoms with van der Waals surface area (Å²) in [5.41, 5.74) is -2.26. The third-order valence-electron chi connectivity index (χ3n) is 9.93. The molecule has 2 bridgehead atoms. The highest BCUT2D eigenvalue weighted by Crippen LogP contribution is 2.36. The third kappa shape index (κ3) is 8.09. The molecule has 44 heavy (non-hydrogen) atoms. The van der Waals surface area contributed by atoms with Crippen molar-refractivity contribution in [1.82, 2.24) is 9.80 Å². The predicted octanol–water partition coefficient (Wildman–Crippen LogP) is 2.15. The molecule has 0 aromatic carbocycles. The van der Waals surface area contributed by atoms with E-state index in [4.69, 9.17) is 18.9 Å². The molecule has 3 heterocycles. The Hall–Kier alpha value is -1.44. The van der Waals surface area contributed by atoms with E-state index in [2.05, 4.69) is 11.5 Å². The molecule has 0 spiro atoms. The van der Waals surface area contributed by atoms with Crippen molar-refractivity contribution >= 4 is 11.8 Å². The fourth-order valence-electron chi connectivity index (χ4n) is 7.49. The van der Waals surface area contributed by atoms with E-state index in [1.807, 2.05) is 46.7 Å². The molecule has 14 atom stereocenters. The maximum Gasteiger partial charge on any atom is 0.316 e. The summed E-state index contributed by atoms with van der Waals surface area (Å²) in [4.78, 5) is 31.5. The van der Waals surface area contributed by atoms with Crippen molar-refractivity contribution in [2.45, 2.75) is 135 Å². The normalized spacial score (nSPS) is 47.0. The Morgan fingerprint density at radius 3 is 2.34 bits per heavy atom. The molecule has 3 rings (SSSR count). The van der Waals surface area contributed by atoms with Gasteiger partial charge in [0.1, 0.15) is 29.8 Å². The first-order valence-corrected chi connectivity index (χ1v) is 16.2. The minimum Gasteiger partial charge on any atom is -0.459 e. The van der Waals surface area contributed by atoms with Gasteiger partial charge in [0.2, 0.25) is 0 Å². The molecule has 0 aromatic rings. The molecule has 0 saturated carbocycles. The van der Waals surface area contributed by atoms with E-state index in [1.54, 1.807) is 20.8 Å². The Kier molecular flexibility index (Phi) is 12.2. The number of hydrogen-bond acceptors (Lipinski definition) is 11. The van der Waals surface area contributed by atoms with Crippen molar-refractivity contribution in [2.24, 2.45) is 17.8 Å². The van der Waals surface area contributed by atoms with Gasteiger partial charge in [-0.15, -0.1) is 0 Å². The van der Waals surface area contributed by atoms with Crippen LogP contribution in [0.25, 0.3) is 0 Å². The van der Waals surface area contributed by atoms with E-state index in [9.17, 15) is 24.9 Å². The topological polar surface area (TPSA) is 138 Å². The van der Waals surface area contributed by atoms with E-state index in [1.165, 1.54) is 6.92 Å². The highest BCUT2D eigenvalue weighted by atomic mass is 16.7. The lowest BCUT2D eigenvalue weighted by atomic mass is 9.78. The molecule has 0 aromatic heterocycles. The lowest BCUT2D eigenvalue weighted by Gasteiger charge is -2.46. The summed E-state index contributed by atoms with van der Waals surface area (Å²) in [6.45, 7) is 19.5. The van der Waals surface area contributed by atoms with Crippen molar-refractivity contribution in [3.63, 3.8) is 0 Å². The van der Waals surface area contributed by atoms with Crippen molar-refractivity contribution in [3.05, 3.63) is 12.2 Å². The second-order valence-corrected chi connectivity index (χ2v) is 14.4. The largest absolute Gasteiger partial charge is 0.459 e. The van der Waals surface area contributed by atoms with E-state index in [-0.39, 0.29) is 37.1 Å². The van der Waals surface area contributed by atoms with Gasteiger partial charge >= 0.3 is 5.97 Å². The molecule has 3 aliphatic rings. The van der Waals surface area contributed by atoms with Crippen LogP contribution >= 0.6 is 0 Å². The number of cyclic esters (lactones) is 1. The van der Waals surface area contributed by atoms with E-state index < -0.39 is 65.5 Å². The molecule has 0 aliphatic carbocycles. The number of aliphatic hydroxyl groups is 3. The van der Waals surface area contributed by atoms with Crippen LogP contribution in [0.1, 0.15) is 74.7 Å². The lowest BCUT2D eigenvalue weighted by molar-refractivity contribution is -0.293. The first-order valence-electron chi connectivity index (χ1n) is 16.2. The van der Waals surface area contributed by atoms with Gasteiger partial charge in [-0.25, -0.2) is 0 Å². The molecule has 0 radical (unpaired) electrons. The third-order valence-corrected chi connectivity index (χ3v) is 9.93. The van der Waals surface area contributed by atoms with Crippen molar-refractivity contribution < 1.29 is 43.9 Å². The zero-order chi connectivity index (χ0) is 33.3. The summed E-state index contributed by atoms with van der Waals surface area (Å²) in [6, 6.07) is -0.531. The predicted molar refractivity (Wildman–Crippen MR) is 166 cm³/mol. The number of hydrogen-bond donors (Lipinski definition) is 3. The number of aliphatic hydroxyl groups excluding tert-OH is 1. The second-order valence-electron chi connectivity index (χ2n) is 14.4. The van der Waals surface area contributed by atoms with Crippen LogP contribution in [0.15, 0.2) is 12.2 Å². The first kappa shape index (κ1) is 37.0. The van der Waals surface area contributed by atoms with Crippen LogP contribution in [0, 0.1) is 17.8 Å². The van der Waals surface area contributed by atoms with Crippen LogP contribution in [0.2, 0.25) is 0 Å². The average molecular weight is 627 g/mol. The number of ketones is 1. The molecule has 3 aliphatic heterocycles. The summed E-state index contributed by atoms with van der Waals surface area (Å²) in [5.74, 6) is -3.49. The van der Waals surface area contributed by atoms with Gasteiger partial charge in [-0.05, 0) is 79.5 Å². The summed E-state index contributed by atoms with van der Waals surface area (Å²) >= 11 is 0. The molecule has 11 nitrogen and oxygen atoms in total. The van der Waals surface area contributed by atoms with Gasteiger partial charge < -0.3 is 39.2 Å². The summed E-state index contributed by atoms with van der Waals surface area (Å²) in [5, 5.41) is 35.2. The van der Waals surface area contributed by atoms with E-state index in [0.717, 1.165) is 5.57 Å². The highest BCUT2D eigenvalue weighted by molar-refractivity contribution is 6.00. The summed E-state index contributed by atoms with van der Waals surface area (Å²) in [7, 11) is 3.75. The van der Waals surface area contributed by atoms with Gasteiger partial charge in [-0.2, -0.15) is 0 Å². The quantitative estimate of drug-likeness (QED) is 0.240. The Morgan fingerprint density at radius 1 is 1.11 bits per heavy atom. The van der Waals surface area contributed by atoms with Crippen LogP contribution in [-0.4, -0.2) is 131 Å². The molecular formula is C33H58N2O9. The summed E-state index contributed by atoms with van der Waals surface area (Å²) < 4.78 is 24.5. The SMILES string of the molecule is C=C1CO[C@H]2[C@@H](C)N(C1)C[C@H](C)C[C@@](C)(O)[C@H](O[C@@H]1O[C@H](C)C[C@H](N(C)C)[C@H]1O)[C@@H](C)C(=O)[C@@H](C)C(=O)O[C@H](CC)[C@@]2(C)O. The standard InChI is InChI=1S/C33H58N2O9/c1-12-25-33(9,40)29-23(7)35(16-19(3)17-41-29)15-18(2)14-32(8,39)28(21(5)26(36)22(6)30(38)43-25)44-31-27(37)24(34(10)11)13-20(4)42-31/h18,20-25,27-29,31,37,39-40H,3,12-17H2,1-2,4-11H3/t18-,20-,21+,22-,23-,24+,25-,27-,28-,29+,31+,32-,33-/m1/s1. The van der Waals surface area contributed by atoms with Crippen LogP contribution < -0.4 is 0 Å². The monoisotopic (exact) mass is 626 g/mol. The molecule has 0 amide bonds. The van der Waals surface area contributed by atoms with E-state index in [0.29, 0.717) is 25.9 Å². The number of rotatable bonds is 4. The Labute approximate surface area is 263 Å². The zero-order valence-corrected chi connectivity index (χ0v) is 28.5. The van der Waals surface area contributed by atoms with Crippen LogP contribution in [0.5, 0.6) is 0 Å². The number of carbonyl (C=O) groups is 2. The van der Waals surface area contributed by atoms with Gasteiger partial charge in [0.25, 0.3) is 0 Å². The maximum absolute atomic E-state index is 13.9. The number of esters is 1. The zero-order valence-electron chi connectivity index (χ0n) is 28.5. The maximum atomic E-state index is 13.9. The van der Waals surface area contributed by atoms with Crippen LogP contribution in [0.4, 0.5) is 0 Å². The van der Waals surface area contributed by atoms with Gasteiger partial charge in [-0.3, -0.25) is 14.5 Å². The Morgan fingerprint density at radius 2 is 1.75 bits per heavy atom. The highest BCUT2D eigenvalue weighted by Gasteiger charge is 2.51. The fraction of sp³-hybridized carbons (Fsp3) is 0.879. The smallest absolute Gasteiger partial charge is 0.316 e. The first-order chi connectivity index (χ1) is 20.3. The Bertz CT molecular complexity index is 1020. The number of nitrogens with zero attached hydrogens (tertiary/aromatic N) is 2. The Balaban J connectivity index is 2.06. The molecule has 3 saturated heterocycles. The van der Waals surface area contributed by atoms with Gasteiger partial charge in [0.05, 0.1) is 24.4 Å². The average Bonchev–Trinajstić information content (AvgIpc) is 3.06. The van der Waals surface area contributed by atoms with Crippen molar-refractivity contribution in [3.8, 4) is 0 Å². The van der Waals surface area contributed by atoms with E-state index >= 15 is 0 Å². The number of likely N-dealkylation sites (N-methyl/N-ethyl adjacent to an activating group) is 1. The lowest BCUT2D eigenvalue weighted by Crippen LogP contribution is -2.59. The molecular weight excluding hydrogens is 568 g/mol. The molecule has 11 heteroatoms.